The predicted molar refractivity (Wildman–Crippen MR) is 107 cm³/mol. The third kappa shape index (κ3) is 4.72. The number of aromatic nitrogens is 1. The molecule has 0 radical (unpaired) electrons. The summed E-state index contributed by atoms with van der Waals surface area (Å²) in [7, 11) is 3.80. The number of hydrogen-bond acceptors (Lipinski definition) is 6. The van der Waals surface area contributed by atoms with Gasteiger partial charge in [0, 0.05) is 30.3 Å². The first-order valence-electron chi connectivity index (χ1n) is 8.73. The van der Waals surface area contributed by atoms with Gasteiger partial charge >= 0.3 is 0 Å². The summed E-state index contributed by atoms with van der Waals surface area (Å²) < 4.78 is 27.9. The maximum atomic E-state index is 14.1. The zero-order chi connectivity index (χ0) is 21.1. The van der Waals surface area contributed by atoms with Crippen molar-refractivity contribution in [2.45, 2.75) is 6.42 Å². The van der Waals surface area contributed by atoms with Gasteiger partial charge in [-0.3, -0.25) is 19.8 Å². The van der Waals surface area contributed by atoms with E-state index in [4.69, 9.17) is 0 Å². The van der Waals surface area contributed by atoms with E-state index >= 15 is 0 Å². The predicted octanol–water partition coefficient (Wildman–Crippen LogP) is 4.08. The molecule has 0 unspecified atom stereocenters. The first-order valence-corrected chi connectivity index (χ1v) is 9.54. The summed E-state index contributed by atoms with van der Waals surface area (Å²) in [4.78, 5) is 30.9. The molecular weight excluding hydrogens is 402 g/mol. The van der Waals surface area contributed by atoms with E-state index in [1.165, 1.54) is 35.2 Å². The van der Waals surface area contributed by atoms with Crippen LogP contribution >= 0.6 is 11.3 Å². The number of amides is 1. The topological polar surface area (TPSA) is 79.6 Å². The summed E-state index contributed by atoms with van der Waals surface area (Å²) in [6.45, 7) is 1.01. The average Bonchev–Trinajstić information content (AvgIpc) is 3.08. The maximum absolute atomic E-state index is 14.1. The maximum Gasteiger partial charge on any atom is 0.269 e. The Morgan fingerprint density at radius 2 is 1.86 bits per heavy atom. The second-order valence-electron chi connectivity index (χ2n) is 6.65. The number of anilines is 1. The number of carbonyl (C=O) groups is 1. The molecule has 0 saturated heterocycles. The molecule has 152 valence electrons. The highest BCUT2D eigenvalue weighted by Crippen LogP contribution is 2.32. The zero-order valence-electron chi connectivity index (χ0n) is 15.8. The SMILES string of the molecule is CN(C)CCCN(C(=O)c1ccc([N+](=O)[O-])cc1)c1nc2c(F)cc(F)cc2s1. The van der Waals surface area contributed by atoms with Gasteiger partial charge in [0.05, 0.1) is 9.62 Å². The van der Waals surface area contributed by atoms with E-state index < -0.39 is 22.5 Å². The number of rotatable bonds is 7. The highest BCUT2D eigenvalue weighted by Gasteiger charge is 2.23. The van der Waals surface area contributed by atoms with Crippen LogP contribution in [-0.4, -0.2) is 47.9 Å². The molecule has 2 aromatic carbocycles. The molecule has 3 rings (SSSR count). The lowest BCUT2D eigenvalue weighted by Gasteiger charge is -2.21. The molecule has 1 aromatic heterocycles. The van der Waals surface area contributed by atoms with Gasteiger partial charge in [0.1, 0.15) is 11.3 Å². The minimum Gasteiger partial charge on any atom is -0.309 e. The highest BCUT2D eigenvalue weighted by atomic mass is 32.1. The van der Waals surface area contributed by atoms with E-state index in [1.807, 2.05) is 19.0 Å². The van der Waals surface area contributed by atoms with Crippen LogP contribution in [0.1, 0.15) is 16.8 Å². The Balaban J connectivity index is 1.96. The molecule has 1 amide bonds. The number of nitro groups is 1. The number of nitrogens with zero attached hydrogens (tertiary/aromatic N) is 4. The van der Waals surface area contributed by atoms with Crippen molar-refractivity contribution in [1.29, 1.82) is 0 Å². The minimum absolute atomic E-state index is 0.000471. The lowest BCUT2D eigenvalue weighted by atomic mass is 10.2. The fraction of sp³-hybridized carbons (Fsp3) is 0.263. The fourth-order valence-corrected chi connectivity index (χ4v) is 3.80. The number of carbonyl (C=O) groups excluding carboxylic acids is 1. The molecule has 29 heavy (non-hydrogen) atoms. The first kappa shape index (κ1) is 20.7. The molecule has 0 aliphatic heterocycles. The smallest absolute Gasteiger partial charge is 0.269 e. The van der Waals surface area contributed by atoms with Crippen molar-refractivity contribution in [2.75, 3.05) is 32.1 Å². The van der Waals surface area contributed by atoms with Crippen molar-refractivity contribution in [1.82, 2.24) is 9.88 Å². The van der Waals surface area contributed by atoms with Crippen LogP contribution in [0.3, 0.4) is 0 Å². The largest absolute Gasteiger partial charge is 0.309 e. The van der Waals surface area contributed by atoms with Crippen molar-refractivity contribution in [3.8, 4) is 0 Å². The number of halogens is 2. The number of hydrogen-bond donors (Lipinski definition) is 0. The molecule has 0 aliphatic rings. The average molecular weight is 420 g/mol. The van der Waals surface area contributed by atoms with Crippen molar-refractivity contribution in [3.05, 3.63) is 63.7 Å². The summed E-state index contributed by atoms with van der Waals surface area (Å²) in [5.74, 6) is -1.93. The van der Waals surface area contributed by atoms with Crippen LogP contribution in [0.2, 0.25) is 0 Å². The first-order chi connectivity index (χ1) is 13.8. The van der Waals surface area contributed by atoms with Gasteiger partial charge in [-0.25, -0.2) is 13.8 Å². The van der Waals surface area contributed by atoms with Crippen LogP contribution in [0.25, 0.3) is 10.2 Å². The molecule has 10 heteroatoms. The normalized spacial score (nSPS) is 11.2. The summed E-state index contributed by atoms with van der Waals surface area (Å²) in [6.07, 6.45) is 0.624. The third-order valence-electron chi connectivity index (χ3n) is 4.19. The van der Waals surface area contributed by atoms with Gasteiger partial charge in [-0.2, -0.15) is 0 Å². The van der Waals surface area contributed by atoms with Crippen LogP contribution in [0.5, 0.6) is 0 Å². The fourth-order valence-electron chi connectivity index (χ4n) is 2.77. The molecule has 0 spiro atoms. The third-order valence-corrected chi connectivity index (χ3v) is 5.22. The van der Waals surface area contributed by atoms with Gasteiger partial charge in [0.25, 0.3) is 11.6 Å². The Kier molecular flexibility index (Phi) is 6.14. The van der Waals surface area contributed by atoms with Crippen molar-refractivity contribution >= 4 is 38.3 Å². The summed E-state index contributed by atoms with van der Waals surface area (Å²) in [5, 5.41) is 11.1. The monoisotopic (exact) mass is 420 g/mol. The van der Waals surface area contributed by atoms with Crippen LogP contribution in [0.15, 0.2) is 36.4 Å². The second kappa shape index (κ2) is 8.58. The van der Waals surface area contributed by atoms with E-state index in [1.54, 1.807) is 0 Å². The van der Waals surface area contributed by atoms with Crippen molar-refractivity contribution in [3.63, 3.8) is 0 Å². The van der Waals surface area contributed by atoms with Gasteiger partial charge in [-0.05, 0) is 45.3 Å². The molecule has 0 bridgehead atoms. The van der Waals surface area contributed by atoms with E-state index in [9.17, 15) is 23.7 Å². The zero-order valence-corrected chi connectivity index (χ0v) is 16.6. The Morgan fingerprint density at radius 3 is 2.48 bits per heavy atom. The summed E-state index contributed by atoms with van der Waals surface area (Å²) in [5.41, 5.74) is 0.116. The highest BCUT2D eigenvalue weighted by molar-refractivity contribution is 7.22. The lowest BCUT2D eigenvalue weighted by Crippen LogP contribution is -2.33. The van der Waals surface area contributed by atoms with Gasteiger partial charge in [-0.1, -0.05) is 11.3 Å². The van der Waals surface area contributed by atoms with Gasteiger partial charge in [-0.15, -0.1) is 0 Å². The Hall–Kier alpha value is -2.98. The molecule has 0 atom stereocenters. The van der Waals surface area contributed by atoms with Gasteiger partial charge in [0.2, 0.25) is 0 Å². The van der Waals surface area contributed by atoms with Crippen LogP contribution in [0.4, 0.5) is 19.6 Å². The Morgan fingerprint density at radius 1 is 1.17 bits per heavy atom. The van der Waals surface area contributed by atoms with E-state index in [-0.39, 0.29) is 21.9 Å². The number of non-ortho nitro benzene ring substituents is 1. The summed E-state index contributed by atoms with van der Waals surface area (Å²) in [6, 6.07) is 7.16. The van der Waals surface area contributed by atoms with Crippen LogP contribution < -0.4 is 4.90 Å². The van der Waals surface area contributed by atoms with E-state index in [2.05, 4.69) is 4.98 Å². The quantitative estimate of drug-likeness (QED) is 0.425. The van der Waals surface area contributed by atoms with Gasteiger partial charge < -0.3 is 4.90 Å². The van der Waals surface area contributed by atoms with Crippen molar-refractivity contribution < 1.29 is 18.5 Å². The van der Waals surface area contributed by atoms with Crippen molar-refractivity contribution in [2.24, 2.45) is 0 Å². The number of nitro benzene ring substituents is 1. The molecular formula is C19H18F2N4O3S. The molecule has 0 saturated carbocycles. The molecule has 7 nitrogen and oxygen atoms in total. The summed E-state index contributed by atoms with van der Waals surface area (Å²) >= 11 is 1.02. The standard InChI is InChI=1S/C19H18F2N4O3S/c1-23(2)8-3-9-24(18(26)12-4-6-14(7-5-12)25(27)28)19-22-17-15(21)10-13(20)11-16(17)29-19/h4-7,10-11H,3,8-9H2,1-2H3. The number of benzene rings is 2. The molecule has 3 aromatic rings. The number of fused-ring (bicyclic) bond motifs is 1. The Bertz CT molecular complexity index is 1050. The Labute approximate surface area is 169 Å². The second-order valence-corrected chi connectivity index (χ2v) is 7.66. The minimum atomic E-state index is -0.793. The lowest BCUT2D eigenvalue weighted by molar-refractivity contribution is -0.384. The van der Waals surface area contributed by atoms with Crippen LogP contribution in [0, 0.1) is 21.7 Å². The molecule has 0 N–H and O–H groups in total. The van der Waals surface area contributed by atoms with Crippen LogP contribution in [-0.2, 0) is 0 Å². The van der Waals surface area contributed by atoms with Gasteiger partial charge in [0.15, 0.2) is 10.9 Å². The number of thiazole rings is 1. The van der Waals surface area contributed by atoms with E-state index in [0.717, 1.165) is 17.4 Å². The molecule has 0 fully saturated rings. The molecule has 0 aliphatic carbocycles. The van der Waals surface area contributed by atoms with E-state index in [0.29, 0.717) is 24.2 Å². The molecule has 1 heterocycles.